The van der Waals surface area contributed by atoms with Gasteiger partial charge >= 0.3 is 0 Å². The minimum atomic E-state index is -0.299. The molecule has 1 aliphatic carbocycles. The number of carbonyl (C=O) groups excluding carboxylic acids is 1. The second-order valence-electron chi connectivity index (χ2n) is 3.92. The highest BCUT2D eigenvalue weighted by Crippen LogP contribution is 2.36. The summed E-state index contributed by atoms with van der Waals surface area (Å²) < 4.78 is 0. The lowest BCUT2D eigenvalue weighted by atomic mass is 10.0. The Morgan fingerprint density at radius 3 is 3.18 bits per heavy atom. The van der Waals surface area contributed by atoms with Crippen LogP contribution in [0.15, 0.2) is 44.3 Å². The molecular weight excluding hydrogens is 218 g/mol. The number of amides is 1. The third-order valence-electron chi connectivity index (χ3n) is 3.00. The van der Waals surface area contributed by atoms with Crippen molar-refractivity contribution in [1.82, 2.24) is 4.98 Å². The Labute approximate surface area is 95.5 Å². The molecule has 3 heterocycles. The average Bonchev–Trinajstić information content (AvgIpc) is 2.91. The number of fused-ring (bicyclic) bond motifs is 4. The molecule has 1 amide bonds. The number of hydrogen-bond acceptors (Lipinski definition) is 5. The van der Waals surface area contributed by atoms with E-state index in [1.165, 1.54) is 0 Å². The van der Waals surface area contributed by atoms with Crippen molar-refractivity contribution in [3.63, 3.8) is 0 Å². The lowest BCUT2D eigenvalue weighted by Gasteiger charge is -2.08. The molecule has 6 nitrogen and oxygen atoms in total. The number of amidine groups is 1. The molecule has 0 bridgehead atoms. The van der Waals surface area contributed by atoms with Crippen molar-refractivity contribution in [2.45, 2.75) is 6.42 Å². The minimum Gasteiger partial charge on any atom is -0.267 e. The normalized spacial score (nSPS) is 19.9. The van der Waals surface area contributed by atoms with E-state index < -0.39 is 0 Å². The van der Waals surface area contributed by atoms with Gasteiger partial charge in [-0.3, -0.25) is 9.78 Å². The molecule has 0 radical (unpaired) electrons. The number of pyridine rings is 1. The molecule has 0 saturated carbocycles. The summed E-state index contributed by atoms with van der Waals surface area (Å²) >= 11 is 0. The van der Waals surface area contributed by atoms with Crippen molar-refractivity contribution >= 4 is 23.0 Å². The smallest absolute Gasteiger partial charge is 0.267 e. The maximum absolute atomic E-state index is 11.9. The second-order valence-corrected chi connectivity index (χ2v) is 3.92. The van der Waals surface area contributed by atoms with Gasteiger partial charge in [0.05, 0.1) is 11.3 Å². The van der Waals surface area contributed by atoms with Crippen molar-refractivity contribution in [2.24, 2.45) is 20.4 Å². The maximum Gasteiger partial charge on any atom is 0.281 e. The van der Waals surface area contributed by atoms with Crippen LogP contribution < -0.4 is 0 Å². The molecule has 3 aliphatic rings. The number of aromatic nitrogens is 1. The molecule has 0 aromatic carbocycles. The summed E-state index contributed by atoms with van der Waals surface area (Å²) in [6, 6.07) is 3.81. The highest BCUT2D eigenvalue weighted by Gasteiger charge is 2.37. The predicted molar refractivity (Wildman–Crippen MR) is 59.6 cm³/mol. The first-order chi connectivity index (χ1) is 8.34. The van der Waals surface area contributed by atoms with E-state index in [0.29, 0.717) is 29.2 Å². The summed E-state index contributed by atoms with van der Waals surface area (Å²) in [5, 5.41) is 11.2. The number of hydrogen-bond donors (Lipinski definition) is 0. The van der Waals surface area contributed by atoms with Crippen LogP contribution >= 0.6 is 0 Å². The monoisotopic (exact) mass is 223 g/mol. The summed E-state index contributed by atoms with van der Waals surface area (Å²) in [5.41, 5.74) is 3.74. The van der Waals surface area contributed by atoms with Crippen LogP contribution in [0.25, 0.3) is 5.57 Å². The number of dihydropyridines is 1. The van der Waals surface area contributed by atoms with Crippen molar-refractivity contribution < 1.29 is 4.79 Å². The van der Waals surface area contributed by atoms with E-state index >= 15 is 0 Å². The molecule has 2 aliphatic heterocycles. The fourth-order valence-corrected chi connectivity index (χ4v) is 2.28. The van der Waals surface area contributed by atoms with E-state index in [2.05, 4.69) is 25.4 Å². The van der Waals surface area contributed by atoms with Crippen molar-refractivity contribution in [3.05, 3.63) is 35.2 Å². The molecule has 0 spiro atoms. The van der Waals surface area contributed by atoms with Crippen LogP contribution in [0.2, 0.25) is 0 Å². The van der Waals surface area contributed by atoms with Crippen molar-refractivity contribution in [3.8, 4) is 0 Å². The molecule has 0 fully saturated rings. The molecule has 0 atom stereocenters. The second kappa shape index (κ2) is 2.79. The van der Waals surface area contributed by atoms with Gasteiger partial charge in [-0.1, -0.05) is 6.07 Å². The van der Waals surface area contributed by atoms with Gasteiger partial charge in [0.1, 0.15) is 5.71 Å². The Kier molecular flexibility index (Phi) is 1.42. The first kappa shape index (κ1) is 8.63. The first-order valence-electron chi connectivity index (χ1n) is 5.14. The molecule has 0 unspecified atom stereocenters. The van der Waals surface area contributed by atoms with Crippen molar-refractivity contribution in [1.29, 1.82) is 0 Å². The maximum atomic E-state index is 11.9. The van der Waals surface area contributed by atoms with Gasteiger partial charge in [0, 0.05) is 18.2 Å². The molecular formula is C11H5N5O. The largest absolute Gasteiger partial charge is 0.281 e. The average molecular weight is 223 g/mol. The molecule has 17 heavy (non-hydrogen) atoms. The van der Waals surface area contributed by atoms with Crippen LogP contribution in [0.4, 0.5) is 0 Å². The van der Waals surface area contributed by atoms with E-state index in [0.717, 1.165) is 11.1 Å². The van der Waals surface area contributed by atoms with Gasteiger partial charge in [-0.05, 0) is 16.9 Å². The lowest BCUT2D eigenvalue weighted by Crippen LogP contribution is -2.20. The number of nitrogens with zero attached hydrogens (tertiary/aromatic N) is 5. The van der Waals surface area contributed by atoms with Crippen LogP contribution in [-0.4, -0.2) is 22.4 Å². The molecule has 4 rings (SSSR count). The third kappa shape index (κ3) is 0.988. The van der Waals surface area contributed by atoms with Gasteiger partial charge in [-0.15, -0.1) is 10.2 Å². The van der Waals surface area contributed by atoms with E-state index in [-0.39, 0.29) is 5.91 Å². The first-order valence-corrected chi connectivity index (χ1v) is 5.14. The molecule has 6 heteroatoms. The van der Waals surface area contributed by atoms with E-state index in [1.54, 1.807) is 6.20 Å². The Bertz CT molecular complexity index is 696. The third-order valence-corrected chi connectivity index (χ3v) is 3.00. The van der Waals surface area contributed by atoms with Gasteiger partial charge in [-0.2, -0.15) is 4.99 Å². The summed E-state index contributed by atoms with van der Waals surface area (Å²) in [5.74, 6) is 0.0220. The predicted octanol–water partition coefficient (Wildman–Crippen LogP) is 1.15. The van der Waals surface area contributed by atoms with E-state index in [9.17, 15) is 4.79 Å². The highest BCUT2D eigenvalue weighted by molar-refractivity contribution is 6.56. The van der Waals surface area contributed by atoms with Crippen LogP contribution in [0.5, 0.6) is 0 Å². The van der Waals surface area contributed by atoms with Crippen LogP contribution in [0.1, 0.15) is 11.3 Å². The number of rotatable bonds is 0. The highest BCUT2D eigenvalue weighted by atomic mass is 16.1. The van der Waals surface area contributed by atoms with E-state index in [4.69, 9.17) is 0 Å². The summed E-state index contributed by atoms with van der Waals surface area (Å²) in [4.78, 5) is 20.1. The molecule has 80 valence electrons. The van der Waals surface area contributed by atoms with Crippen LogP contribution in [-0.2, 0) is 11.2 Å². The van der Waals surface area contributed by atoms with Crippen molar-refractivity contribution in [2.75, 3.05) is 0 Å². The Hall–Kier alpha value is -2.50. The molecule has 1 aromatic heterocycles. The van der Waals surface area contributed by atoms with Gasteiger partial charge in [0.2, 0.25) is 5.84 Å². The van der Waals surface area contributed by atoms with Crippen LogP contribution in [0, 0.1) is 0 Å². The molecule has 0 N–H and O–H groups in total. The molecule has 1 aromatic rings. The zero-order chi connectivity index (χ0) is 11.4. The molecule has 0 saturated heterocycles. The quantitative estimate of drug-likeness (QED) is 0.661. The fourth-order valence-electron chi connectivity index (χ4n) is 2.28. The van der Waals surface area contributed by atoms with Gasteiger partial charge in [0.15, 0.2) is 0 Å². The van der Waals surface area contributed by atoms with Crippen LogP contribution in [0.3, 0.4) is 0 Å². The zero-order valence-electron chi connectivity index (χ0n) is 8.58. The Balaban J connectivity index is 1.98. The van der Waals surface area contributed by atoms with Gasteiger partial charge in [-0.25, -0.2) is 0 Å². The van der Waals surface area contributed by atoms with E-state index in [1.807, 2.05) is 12.1 Å². The minimum absolute atomic E-state index is 0.299. The Morgan fingerprint density at radius 2 is 2.24 bits per heavy atom. The standard InChI is InChI=1S/C11H5N5O/c17-11-7-6(9-10(13-11)15-16-14-9)4-5-2-1-3-12-8(5)7/h1-3H,4H2. The summed E-state index contributed by atoms with van der Waals surface area (Å²) in [7, 11) is 0. The zero-order valence-corrected chi connectivity index (χ0v) is 8.58. The number of carbonyl (C=O) groups is 1. The number of aliphatic imine (C=N–C) groups is 1. The topological polar surface area (TPSA) is 79.4 Å². The van der Waals surface area contributed by atoms with Gasteiger partial charge < -0.3 is 0 Å². The van der Waals surface area contributed by atoms with Gasteiger partial charge in [0.25, 0.3) is 5.91 Å². The SMILES string of the molecule is O=C1N=C2N=NN=C2C2=C1c1ncccc1C2. The Morgan fingerprint density at radius 1 is 1.29 bits per heavy atom. The summed E-state index contributed by atoms with van der Waals surface area (Å²) in [6.45, 7) is 0. The summed E-state index contributed by atoms with van der Waals surface area (Å²) in [6.07, 6.45) is 2.32. The lowest BCUT2D eigenvalue weighted by molar-refractivity contribution is -0.112. The fraction of sp³-hybridized carbons (Fsp3) is 0.0909.